The van der Waals surface area contributed by atoms with E-state index in [1.54, 1.807) is 34.9 Å². The van der Waals surface area contributed by atoms with E-state index in [4.69, 9.17) is 16.6 Å². The molecule has 1 aromatic heterocycles. The Bertz CT molecular complexity index is 1400. The third kappa shape index (κ3) is 5.55. The van der Waals surface area contributed by atoms with Crippen LogP contribution in [-0.2, 0) is 0 Å². The van der Waals surface area contributed by atoms with Crippen LogP contribution in [0.25, 0.3) is 16.6 Å². The predicted molar refractivity (Wildman–Crippen MR) is 150 cm³/mol. The van der Waals surface area contributed by atoms with Crippen LogP contribution < -0.4 is 5.56 Å². The molecular formula is C29H29BrClN3O2. The van der Waals surface area contributed by atoms with Crippen molar-refractivity contribution in [3.8, 4) is 5.69 Å². The summed E-state index contributed by atoms with van der Waals surface area (Å²) in [5, 5.41) is 1.12. The lowest BCUT2D eigenvalue weighted by Crippen LogP contribution is -2.39. The number of carbonyl (C=O) groups excluding carboxylic acids is 1. The van der Waals surface area contributed by atoms with E-state index in [1.807, 2.05) is 54.3 Å². The summed E-state index contributed by atoms with van der Waals surface area (Å²) in [5.74, 6) is 0.460. The van der Waals surface area contributed by atoms with Crippen LogP contribution in [0.4, 0.5) is 0 Å². The quantitative estimate of drug-likeness (QED) is 0.196. The minimum atomic E-state index is -0.397. The van der Waals surface area contributed by atoms with E-state index in [0.29, 0.717) is 46.0 Å². The maximum Gasteiger partial charge on any atom is 0.266 e. The van der Waals surface area contributed by atoms with E-state index in [0.717, 1.165) is 23.7 Å². The molecule has 0 aliphatic rings. The Kier molecular flexibility index (Phi) is 8.60. The number of carbonyl (C=O) groups is 1. The second kappa shape index (κ2) is 11.8. The second-order valence-electron chi connectivity index (χ2n) is 8.74. The number of hydrogen-bond acceptors (Lipinski definition) is 3. The van der Waals surface area contributed by atoms with Gasteiger partial charge in [0, 0.05) is 21.6 Å². The summed E-state index contributed by atoms with van der Waals surface area (Å²) in [7, 11) is 0. The largest absolute Gasteiger partial charge is 0.328 e. The number of halogens is 2. The normalized spacial score (nSPS) is 12.0. The van der Waals surface area contributed by atoms with E-state index in [-0.39, 0.29) is 11.5 Å². The molecule has 1 unspecified atom stereocenters. The fourth-order valence-corrected chi connectivity index (χ4v) is 4.84. The van der Waals surface area contributed by atoms with Gasteiger partial charge in [0.1, 0.15) is 5.82 Å². The molecule has 1 atom stereocenters. The van der Waals surface area contributed by atoms with E-state index in [2.05, 4.69) is 22.9 Å². The SMILES string of the molecule is CCCCCN(C(=O)c1ccc(Cl)cc1)C(CC)c1nc2ccccc2c(=O)n1-c1ccc(Br)cc1. The minimum absolute atomic E-state index is 0.0978. The molecule has 5 nitrogen and oxygen atoms in total. The highest BCUT2D eigenvalue weighted by Gasteiger charge is 2.29. The van der Waals surface area contributed by atoms with Crippen LogP contribution in [0.2, 0.25) is 5.02 Å². The lowest BCUT2D eigenvalue weighted by atomic mass is 10.1. The van der Waals surface area contributed by atoms with Gasteiger partial charge in [-0.1, -0.05) is 66.4 Å². The summed E-state index contributed by atoms with van der Waals surface area (Å²) in [6.07, 6.45) is 3.51. The molecule has 4 rings (SSSR count). The summed E-state index contributed by atoms with van der Waals surface area (Å²) < 4.78 is 2.57. The molecule has 4 aromatic rings. The van der Waals surface area contributed by atoms with Gasteiger partial charge < -0.3 is 4.90 Å². The maximum atomic E-state index is 13.8. The van der Waals surface area contributed by atoms with Crippen molar-refractivity contribution in [2.45, 2.75) is 45.6 Å². The number of aromatic nitrogens is 2. The summed E-state index contributed by atoms with van der Waals surface area (Å²) in [4.78, 5) is 34.5. The standard InChI is InChI=1S/C29H29BrClN3O2/c1-3-5-8-19-33(28(35)20-11-15-22(31)16-12-20)26(4-2)27-32-25-10-7-6-9-24(25)29(36)34(27)23-17-13-21(30)14-18-23/h6-7,9-18,26H,3-5,8,19H2,1-2H3. The third-order valence-corrected chi connectivity index (χ3v) is 7.08. The molecule has 0 aliphatic heterocycles. The molecule has 0 spiro atoms. The molecule has 0 fully saturated rings. The second-order valence-corrected chi connectivity index (χ2v) is 10.1. The summed E-state index contributed by atoms with van der Waals surface area (Å²) in [6.45, 7) is 4.73. The lowest BCUT2D eigenvalue weighted by Gasteiger charge is -2.32. The number of unbranched alkanes of at least 4 members (excludes halogenated alkanes) is 2. The van der Waals surface area contributed by atoms with Gasteiger partial charge >= 0.3 is 0 Å². The van der Waals surface area contributed by atoms with E-state index in [1.165, 1.54) is 0 Å². The highest BCUT2D eigenvalue weighted by molar-refractivity contribution is 9.10. The minimum Gasteiger partial charge on any atom is -0.328 e. The molecule has 36 heavy (non-hydrogen) atoms. The highest BCUT2D eigenvalue weighted by Crippen LogP contribution is 2.28. The first kappa shape index (κ1) is 26.1. The molecule has 0 N–H and O–H groups in total. The number of fused-ring (bicyclic) bond motifs is 1. The highest BCUT2D eigenvalue weighted by atomic mass is 79.9. The van der Waals surface area contributed by atoms with Gasteiger partial charge in [-0.05, 0) is 73.5 Å². The van der Waals surface area contributed by atoms with Crippen LogP contribution in [0.15, 0.2) is 82.1 Å². The van der Waals surface area contributed by atoms with Gasteiger partial charge in [-0.25, -0.2) is 4.98 Å². The van der Waals surface area contributed by atoms with Crippen LogP contribution in [-0.4, -0.2) is 26.9 Å². The summed E-state index contributed by atoms with van der Waals surface area (Å²) in [6, 6.07) is 21.5. The Morgan fingerprint density at radius 2 is 1.69 bits per heavy atom. The smallest absolute Gasteiger partial charge is 0.266 e. The molecule has 7 heteroatoms. The van der Waals surface area contributed by atoms with Crippen molar-refractivity contribution >= 4 is 44.3 Å². The predicted octanol–water partition coefficient (Wildman–Crippen LogP) is 7.59. The van der Waals surface area contributed by atoms with Gasteiger partial charge in [-0.2, -0.15) is 0 Å². The Balaban J connectivity index is 1.91. The third-order valence-electron chi connectivity index (χ3n) is 6.30. The molecule has 186 valence electrons. The van der Waals surface area contributed by atoms with Crippen molar-refractivity contribution in [3.05, 3.63) is 104 Å². The van der Waals surface area contributed by atoms with Crippen molar-refractivity contribution < 1.29 is 4.79 Å². The average Bonchev–Trinajstić information content (AvgIpc) is 2.89. The van der Waals surface area contributed by atoms with Gasteiger partial charge in [0.05, 0.1) is 22.6 Å². The molecule has 1 heterocycles. The van der Waals surface area contributed by atoms with Crippen LogP contribution in [0, 0.1) is 0 Å². The van der Waals surface area contributed by atoms with Crippen LogP contribution >= 0.6 is 27.5 Å². The molecular weight excluding hydrogens is 538 g/mol. The first-order valence-corrected chi connectivity index (χ1v) is 13.5. The molecule has 0 radical (unpaired) electrons. The molecule has 1 amide bonds. The summed E-state index contributed by atoms with van der Waals surface area (Å²) in [5.41, 5.74) is 1.75. The Labute approximate surface area is 224 Å². The van der Waals surface area contributed by atoms with Gasteiger partial charge in [-0.3, -0.25) is 14.2 Å². The fraction of sp³-hybridized carbons (Fsp3) is 0.276. The van der Waals surface area contributed by atoms with E-state index in [9.17, 15) is 9.59 Å². The Morgan fingerprint density at radius 3 is 2.36 bits per heavy atom. The molecule has 0 saturated heterocycles. The molecule has 0 aliphatic carbocycles. The van der Waals surface area contributed by atoms with Gasteiger partial charge in [0.25, 0.3) is 11.5 Å². The van der Waals surface area contributed by atoms with Gasteiger partial charge in [0.2, 0.25) is 0 Å². The van der Waals surface area contributed by atoms with Gasteiger partial charge in [-0.15, -0.1) is 0 Å². The van der Waals surface area contributed by atoms with E-state index < -0.39 is 6.04 Å². The monoisotopic (exact) mass is 565 g/mol. The number of rotatable bonds is 9. The average molecular weight is 567 g/mol. The zero-order chi connectivity index (χ0) is 25.7. The Morgan fingerprint density at radius 1 is 1.00 bits per heavy atom. The molecule has 0 bridgehead atoms. The van der Waals surface area contributed by atoms with Crippen molar-refractivity contribution in [1.82, 2.24) is 14.5 Å². The number of nitrogens with zero attached hydrogens (tertiary/aromatic N) is 3. The molecule has 3 aromatic carbocycles. The van der Waals surface area contributed by atoms with Crippen LogP contribution in [0.5, 0.6) is 0 Å². The zero-order valence-electron chi connectivity index (χ0n) is 20.5. The first-order chi connectivity index (χ1) is 17.4. The topological polar surface area (TPSA) is 55.2 Å². The number of amides is 1. The van der Waals surface area contributed by atoms with Crippen molar-refractivity contribution in [2.24, 2.45) is 0 Å². The fourth-order valence-electron chi connectivity index (χ4n) is 4.44. The number of hydrogen-bond donors (Lipinski definition) is 0. The van der Waals surface area contributed by atoms with Crippen molar-refractivity contribution in [1.29, 1.82) is 0 Å². The number of benzene rings is 3. The zero-order valence-corrected chi connectivity index (χ0v) is 22.8. The van der Waals surface area contributed by atoms with Crippen LogP contribution in [0.3, 0.4) is 0 Å². The Hall–Kier alpha value is -2.96. The van der Waals surface area contributed by atoms with E-state index >= 15 is 0 Å². The van der Waals surface area contributed by atoms with Gasteiger partial charge in [0.15, 0.2) is 0 Å². The number of para-hydroxylation sites is 1. The molecule has 0 saturated carbocycles. The lowest BCUT2D eigenvalue weighted by molar-refractivity contribution is 0.0655. The van der Waals surface area contributed by atoms with Crippen LogP contribution in [0.1, 0.15) is 61.8 Å². The van der Waals surface area contributed by atoms with Crippen molar-refractivity contribution in [3.63, 3.8) is 0 Å². The summed E-state index contributed by atoms with van der Waals surface area (Å²) >= 11 is 9.56. The first-order valence-electron chi connectivity index (χ1n) is 12.3. The van der Waals surface area contributed by atoms with Crippen molar-refractivity contribution in [2.75, 3.05) is 6.54 Å². The maximum absolute atomic E-state index is 13.8.